The number of hydrogen-bond acceptors (Lipinski definition) is 3. The fourth-order valence-electron chi connectivity index (χ4n) is 2.96. The second-order valence-electron chi connectivity index (χ2n) is 6.50. The van der Waals surface area contributed by atoms with E-state index in [9.17, 15) is 4.79 Å². The summed E-state index contributed by atoms with van der Waals surface area (Å²) in [5.74, 6) is -0.0233. The van der Waals surface area contributed by atoms with Gasteiger partial charge in [-0.1, -0.05) is 59.6 Å². The van der Waals surface area contributed by atoms with Crippen LogP contribution in [0, 0.1) is 0 Å². The Labute approximate surface area is 193 Å². The summed E-state index contributed by atoms with van der Waals surface area (Å²) in [6.07, 6.45) is 3.85. The number of Topliss-reactive ketones (excluding diaryl/α,β-unsaturated/α-hetero) is 1. The standard InChI is InChI=1S/C25H16Cl2OS2/c26-19-9-5-17(6-10-19)15-21(23-3-1-13-29-23)25(28)22(24-4-2-14-30-24)16-18-7-11-20(27)12-8-18/h1-16H. The predicted octanol–water partition coefficient (Wildman–Crippen LogP) is 8.47. The quantitative estimate of drug-likeness (QED) is 0.260. The van der Waals surface area contributed by atoms with E-state index in [1.807, 2.05) is 95.7 Å². The molecule has 0 bridgehead atoms. The van der Waals surface area contributed by atoms with Crippen molar-refractivity contribution in [2.24, 2.45) is 0 Å². The van der Waals surface area contributed by atoms with Gasteiger partial charge in [0.05, 0.1) is 0 Å². The highest BCUT2D eigenvalue weighted by atomic mass is 35.5. The van der Waals surface area contributed by atoms with Gasteiger partial charge in [0, 0.05) is 30.9 Å². The first-order valence-corrected chi connectivity index (χ1v) is 11.7. The molecule has 0 radical (unpaired) electrons. The van der Waals surface area contributed by atoms with Crippen molar-refractivity contribution in [3.63, 3.8) is 0 Å². The SMILES string of the molecule is O=C(C(=Cc1ccc(Cl)cc1)c1cccs1)C(=Cc1ccc(Cl)cc1)c1cccs1. The first-order valence-electron chi connectivity index (χ1n) is 9.17. The van der Waals surface area contributed by atoms with Gasteiger partial charge in [-0.3, -0.25) is 4.79 Å². The van der Waals surface area contributed by atoms with Crippen LogP contribution in [-0.4, -0.2) is 5.78 Å². The zero-order valence-electron chi connectivity index (χ0n) is 15.7. The highest BCUT2D eigenvalue weighted by molar-refractivity contribution is 7.12. The Bertz CT molecular complexity index is 1090. The molecule has 0 amide bonds. The zero-order valence-corrected chi connectivity index (χ0v) is 18.9. The topological polar surface area (TPSA) is 17.1 Å². The number of ketones is 1. The van der Waals surface area contributed by atoms with E-state index in [4.69, 9.17) is 23.2 Å². The maximum atomic E-state index is 13.8. The summed E-state index contributed by atoms with van der Waals surface area (Å²) in [5.41, 5.74) is 3.16. The molecule has 30 heavy (non-hydrogen) atoms. The largest absolute Gasteiger partial charge is 0.289 e. The molecule has 4 rings (SSSR count). The lowest BCUT2D eigenvalue weighted by Crippen LogP contribution is -2.03. The number of allylic oxidation sites excluding steroid dienone is 2. The zero-order chi connectivity index (χ0) is 20.9. The molecule has 148 valence electrons. The van der Waals surface area contributed by atoms with Crippen molar-refractivity contribution in [3.8, 4) is 0 Å². The van der Waals surface area contributed by atoms with Crippen molar-refractivity contribution < 1.29 is 4.79 Å². The van der Waals surface area contributed by atoms with Gasteiger partial charge < -0.3 is 0 Å². The fraction of sp³-hybridized carbons (Fsp3) is 0. The molecule has 0 unspecified atom stereocenters. The van der Waals surface area contributed by atoms with Crippen LogP contribution in [0.4, 0.5) is 0 Å². The van der Waals surface area contributed by atoms with Crippen molar-refractivity contribution in [1.29, 1.82) is 0 Å². The third kappa shape index (κ3) is 5.00. The Kier molecular flexibility index (Phi) is 6.66. The second kappa shape index (κ2) is 9.59. The fourth-order valence-corrected chi connectivity index (χ4v) is 4.69. The van der Waals surface area contributed by atoms with E-state index in [-0.39, 0.29) is 5.78 Å². The van der Waals surface area contributed by atoms with Gasteiger partial charge in [0.25, 0.3) is 0 Å². The molecule has 0 aliphatic heterocycles. The number of halogens is 2. The van der Waals surface area contributed by atoms with Crippen LogP contribution in [0.15, 0.2) is 83.6 Å². The average molecular weight is 467 g/mol. The molecule has 2 heterocycles. The van der Waals surface area contributed by atoms with Crippen LogP contribution in [0.2, 0.25) is 10.0 Å². The molecule has 0 saturated carbocycles. The van der Waals surface area contributed by atoms with E-state index >= 15 is 0 Å². The summed E-state index contributed by atoms with van der Waals surface area (Å²) >= 11 is 15.2. The predicted molar refractivity (Wildman–Crippen MR) is 132 cm³/mol. The molecular weight excluding hydrogens is 451 g/mol. The van der Waals surface area contributed by atoms with Crippen molar-refractivity contribution in [2.75, 3.05) is 0 Å². The third-order valence-corrected chi connectivity index (χ3v) is 6.73. The Morgan fingerprint density at radius 1 is 0.633 bits per heavy atom. The van der Waals surface area contributed by atoms with Gasteiger partial charge in [0.2, 0.25) is 0 Å². The monoisotopic (exact) mass is 466 g/mol. The molecule has 5 heteroatoms. The average Bonchev–Trinajstić information content (AvgIpc) is 3.47. The van der Waals surface area contributed by atoms with Crippen LogP contribution in [0.3, 0.4) is 0 Å². The van der Waals surface area contributed by atoms with Crippen molar-refractivity contribution in [3.05, 3.63) is 114 Å². The molecule has 2 aromatic heterocycles. The highest BCUT2D eigenvalue weighted by Crippen LogP contribution is 2.33. The number of rotatable bonds is 6. The van der Waals surface area contributed by atoms with Gasteiger partial charge in [-0.05, 0) is 70.4 Å². The van der Waals surface area contributed by atoms with Crippen LogP contribution in [0.5, 0.6) is 0 Å². The Hall–Kier alpha value is -2.43. The van der Waals surface area contributed by atoms with Gasteiger partial charge in [-0.25, -0.2) is 0 Å². The number of carbonyl (C=O) groups excluding carboxylic acids is 1. The molecule has 0 aliphatic carbocycles. The number of hydrogen-bond donors (Lipinski definition) is 0. The van der Waals surface area contributed by atoms with E-state index in [2.05, 4.69) is 0 Å². The Morgan fingerprint density at radius 2 is 1.03 bits per heavy atom. The summed E-state index contributed by atoms with van der Waals surface area (Å²) in [5, 5.41) is 5.29. The van der Waals surface area contributed by atoms with E-state index in [0.29, 0.717) is 21.2 Å². The molecule has 0 N–H and O–H groups in total. The molecule has 0 atom stereocenters. The lowest BCUT2D eigenvalue weighted by atomic mass is 9.96. The van der Waals surface area contributed by atoms with Gasteiger partial charge in [-0.15, -0.1) is 22.7 Å². The molecule has 0 spiro atoms. The highest BCUT2D eigenvalue weighted by Gasteiger charge is 2.20. The van der Waals surface area contributed by atoms with Gasteiger partial charge in [-0.2, -0.15) is 0 Å². The van der Waals surface area contributed by atoms with Crippen LogP contribution in [-0.2, 0) is 4.79 Å². The van der Waals surface area contributed by atoms with Gasteiger partial charge in [0.1, 0.15) is 0 Å². The first-order chi connectivity index (χ1) is 14.6. The van der Waals surface area contributed by atoms with E-state index in [0.717, 1.165) is 20.9 Å². The first kappa shape index (κ1) is 20.8. The molecule has 0 saturated heterocycles. The van der Waals surface area contributed by atoms with Crippen LogP contribution in [0.25, 0.3) is 23.3 Å². The Balaban J connectivity index is 1.82. The summed E-state index contributed by atoms with van der Waals surface area (Å²) in [6.45, 7) is 0. The lowest BCUT2D eigenvalue weighted by Gasteiger charge is -2.09. The van der Waals surface area contributed by atoms with Crippen LogP contribution in [0.1, 0.15) is 20.9 Å². The molecule has 2 aromatic carbocycles. The smallest absolute Gasteiger partial charge is 0.195 e. The number of benzene rings is 2. The maximum absolute atomic E-state index is 13.8. The summed E-state index contributed by atoms with van der Waals surface area (Å²) in [4.78, 5) is 15.7. The van der Waals surface area contributed by atoms with Crippen LogP contribution >= 0.6 is 45.9 Å². The number of carbonyl (C=O) groups is 1. The summed E-state index contributed by atoms with van der Waals surface area (Å²) < 4.78 is 0. The minimum absolute atomic E-state index is 0.0233. The molecule has 1 nitrogen and oxygen atoms in total. The van der Waals surface area contributed by atoms with Crippen LogP contribution < -0.4 is 0 Å². The molecular formula is C25H16Cl2OS2. The summed E-state index contributed by atoms with van der Waals surface area (Å²) in [6, 6.07) is 22.8. The number of thiophene rings is 2. The molecule has 4 aromatic rings. The van der Waals surface area contributed by atoms with Crippen molar-refractivity contribution in [1.82, 2.24) is 0 Å². The second-order valence-corrected chi connectivity index (χ2v) is 9.27. The Morgan fingerprint density at radius 3 is 1.37 bits per heavy atom. The minimum atomic E-state index is -0.0233. The third-order valence-electron chi connectivity index (χ3n) is 4.42. The van der Waals surface area contributed by atoms with Crippen molar-refractivity contribution >= 4 is 75.0 Å². The van der Waals surface area contributed by atoms with Gasteiger partial charge in [0.15, 0.2) is 5.78 Å². The van der Waals surface area contributed by atoms with E-state index in [1.54, 1.807) is 22.7 Å². The maximum Gasteiger partial charge on any atom is 0.195 e. The lowest BCUT2D eigenvalue weighted by molar-refractivity contribution is -0.108. The molecule has 0 aliphatic rings. The van der Waals surface area contributed by atoms with E-state index < -0.39 is 0 Å². The summed E-state index contributed by atoms with van der Waals surface area (Å²) in [7, 11) is 0. The normalized spacial score (nSPS) is 12.2. The van der Waals surface area contributed by atoms with E-state index in [1.165, 1.54) is 0 Å². The minimum Gasteiger partial charge on any atom is -0.289 e. The van der Waals surface area contributed by atoms with Gasteiger partial charge >= 0.3 is 0 Å². The van der Waals surface area contributed by atoms with Crippen molar-refractivity contribution in [2.45, 2.75) is 0 Å². The molecule has 0 fully saturated rings.